The molecule has 32 heavy (non-hydrogen) atoms. The summed E-state index contributed by atoms with van der Waals surface area (Å²) < 4.78 is 20.4. The van der Waals surface area contributed by atoms with Gasteiger partial charge in [-0.2, -0.15) is 0 Å². The van der Waals surface area contributed by atoms with E-state index in [0.717, 1.165) is 32.9 Å². The molecule has 162 valence electrons. The second-order valence-electron chi connectivity index (χ2n) is 7.00. The van der Waals surface area contributed by atoms with Gasteiger partial charge in [-0.25, -0.2) is 4.39 Å². The lowest BCUT2D eigenvalue weighted by atomic mass is 10.2. The van der Waals surface area contributed by atoms with Gasteiger partial charge in [-0.05, 0) is 86.9 Å². The van der Waals surface area contributed by atoms with E-state index >= 15 is 0 Å². The van der Waals surface area contributed by atoms with E-state index in [9.17, 15) is 14.0 Å². The van der Waals surface area contributed by atoms with E-state index < -0.39 is 0 Å². The predicted molar refractivity (Wildman–Crippen MR) is 131 cm³/mol. The second-order valence-corrected chi connectivity index (χ2v) is 9.77. The lowest BCUT2D eigenvalue weighted by Gasteiger charge is -2.12. The first-order valence-electron chi connectivity index (χ1n) is 9.55. The summed E-state index contributed by atoms with van der Waals surface area (Å²) in [7, 11) is 0. The second kappa shape index (κ2) is 10.0. The lowest BCUT2D eigenvalue weighted by Crippen LogP contribution is -2.27. The van der Waals surface area contributed by atoms with Crippen LogP contribution in [0.3, 0.4) is 0 Å². The van der Waals surface area contributed by atoms with Crippen molar-refractivity contribution in [3.63, 3.8) is 0 Å². The van der Waals surface area contributed by atoms with Gasteiger partial charge in [0.1, 0.15) is 18.2 Å². The molecule has 1 aliphatic rings. The SMILES string of the molecule is O=C1S/C(=C\c2ccc(OCc3ccc(F)cc3)c(Br)c2)C(=O)N1Cc1cccc(Br)c1. The first-order valence-corrected chi connectivity index (χ1v) is 12.0. The third-order valence-electron chi connectivity index (χ3n) is 4.66. The smallest absolute Gasteiger partial charge is 0.293 e. The lowest BCUT2D eigenvalue weighted by molar-refractivity contribution is -0.123. The number of halogens is 3. The minimum Gasteiger partial charge on any atom is -0.488 e. The first kappa shape index (κ1) is 22.8. The fourth-order valence-electron chi connectivity index (χ4n) is 3.07. The van der Waals surface area contributed by atoms with Gasteiger partial charge in [0.25, 0.3) is 11.1 Å². The molecule has 1 saturated heterocycles. The average Bonchev–Trinajstić information content (AvgIpc) is 3.02. The number of hydrogen-bond acceptors (Lipinski definition) is 4. The molecule has 0 spiro atoms. The molecule has 3 aromatic carbocycles. The van der Waals surface area contributed by atoms with Gasteiger partial charge in [0, 0.05) is 4.47 Å². The predicted octanol–water partition coefficient (Wildman–Crippen LogP) is 7.17. The third kappa shape index (κ3) is 5.49. The number of carbonyl (C=O) groups excluding carboxylic acids is 2. The topological polar surface area (TPSA) is 46.6 Å². The minimum atomic E-state index is -0.312. The monoisotopic (exact) mass is 575 g/mol. The summed E-state index contributed by atoms with van der Waals surface area (Å²) in [6.45, 7) is 0.522. The summed E-state index contributed by atoms with van der Waals surface area (Å²) in [5.74, 6) is 0.0160. The molecule has 4 nitrogen and oxygen atoms in total. The van der Waals surface area contributed by atoms with E-state index in [4.69, 9.17) is 4.74 Å². The van der Waals surface area contributed by atoms with Gasteiger partial charge in [0.2, 0.25) is 0 Å². The van der Waals surface area contributed by atoms with Crippen LogP contribution in [0.4, 0.5) is 9.18 Å². The number of hydrogen-bond donors (Lipinski definition) is 0. The summed E-state index contributed by atoms with van der Waals surface area (Å²) in [6.07, 6.45) is 1.69. The van der Waals surface area contributed by atoms with Crippen LogP contribution in [0.25, 0.3) is 6.08 Å². The maximum absolute atomic E-state index is 13.0. The average molecular weight is 577 g/mol. The van der Waals surface area contributed by atoms with Gasteiger partial charge in [-0.1, -0.05) is 46.3 Å². The molecule has 0 aliphatic carbocycles. The maximum atomic E-state index is 13.0. The number of amides is 2. The Morgan fingerprint density at radius 3 is 2.47 bits per heavy atom. The fourth-order valence-corrected chi connectivity index (χ4v) is 4.87. The molecule has 0 bridgehead atoms. The summed E-state index contributed by atoms with van der Waals surface area (Å²) in [6, 6.07) is 19.0. The zero-order valence-corrected chi connectivity index (χ0v) is 20.5. The van der Waals surface area contributed by atoms with Crippen molar-refractivity contribution >= 4 is 60.8 Å². The number of rotatable bonds is 6. The summed E-state index contributed by atoms with van der Waals surface area (Å²) in [4.78, 5) is 26.8. The quantitative estimate of drug-likeness (QED) is 0.292. The minimum absolute atomic E-state index is 0.224. The molecule has 0 aromatic heterocycles. The molecule has 1 heterocycles. The Bertz CT molecular complexity index is 1210. The third-order valence-corrected chi connectivity index (χ3v) is 6.68. The van der Waals surface area contributed by atoms with Crippen molar-refractivity contribution in [1.82, 2.24) is 4.90 Å². The Kier molecular flexibility index (Phi) is 7.13. The van der Waals surface area contributed by atoms with Crippen LogP contribution in [0, 0.1) is 5.82 Å². The number of thioether (sulfide) groups is 1. The highest BCUT2D eigenvalue weighted by Crippen LogP contribution is 2.35. The van der Waals surface area contributed by atoms with Gasteiger partial charge in [0.05, 0.1) is 15.9 Å². The molecule has 2 amide bonds. The molecule has 0 saturated carbocycles. The van der Waals surface area contributed by atoms with Gasteiger partial charge in [-0.15, -0.1) is 0 Å². The summed E-state index contributed by atoms with van der Waals surface area (Å²) in [5.41, 5.74) is 2.48. The molecule has 1 fully saturated rings. The van der Waals surface area contributed by atoms with Crippen molar-refractivity contribution < 1.29 is 18.7 Å². The molecule has 3 aromatic rings. The number of imide groups is 1. The van der Waals surface area contributed by atoms with Crippen LogP contribution in [0.2, 0.25) is 0 Å². The Morgan fingerprint density at radius 2 is 1.75 bits per heavy atom. The van der Waals surface area contributed by atoms with Crippen LogP contribution < -0.4 is 4.74 Å². The van der Waals surface area contributed by atoms with Crippen LogP contribution in [-0.2, 0) is 17.9 Å². The molecule has 1 aliphatic heterocycles. The molecule has 0 atom stereocenters. The van der Waals surface area contributed by atoms with Crippen molar-refractivity contribution in [2.45, 2.75) is 13.2 Å². The normalized spacial score (nSPS) is 15.0. The van der Waals surface area contributed by atoms with E-state index in [0.29, 0.717) is 21.7 Å². The van der Waals surface area contributed by atoms with Gasteiger partial charge < -0.3 is 4.74 Å². The largest absolute Gasteiger partial charge is 0.488 e. The van der Waals surface area contributed by atoms with Gasteiger partial charge >= 0.3 is 0 Å². The molecule has 0 unspecified atom stereocenters. The van der Waals surface area contributed by atoms with Gasteiger partial charge in [0.15, 0.2) is 0 Å². The van der Waals surface area contributed by atoms with Crippen LogP contribution in [0.1, 0.15) is 16.7 Å². The Hall–Kier alpha value is -2.42. The van der Waals surface area contributed by atoms with Crippen molar-refractivity contribution in [1.29, 1.82) is 0 Å². The molecule has 8 heteroatoms. The van der Waals surface area contributed by atoms with Crippen LogP contribution in [0.15, 0.2) is 80.6 Å². The Balaban J connectivity index is 1.45. The summed E-state index contributed by atoms with van der Waals surface area (Å²) in [5, 5.41) is -0.292. The van der Waals surface area contributed by atoms with E-state index in [-0.39, 0.29) is 23.5 Å². The maximum Gasteiger partial charge on any atom is 0.293 e. The Labute approximate surface area is 205 Å². The highest BCUT2D eigenvalue weighted by molar-refractivity contribution is 9.10. The number of benzene rings is 3. The van der Waals surface area contributed by atoms with Gasteiger partial charge in [-0.3, -0.25) is 14.5 Å². The van der Waals surface area contributed by atoms with E-state index in [1.165, 1.54) is 17.0 Å². The fraction of sp³-hybridized carbons (Fsp3) is 0.0833. The zero-order chi connectivity index (χ0) is 22.7. The Morgan fingerprint density at radius 1 is 0.969 bits per heavy atom. The number of ether oxygens (including phenoxy) is 1. The number of nitrogens with zero attached hydrogens (tertiary/aromatic N) is 1. The van der Waals surface area contributed by atoms with E-state index in [1.807, 2.05) is 36.4 Å². The van der Waals surface area contributed by atoms with E-state index in [2.05, 4.69) is 31.9 Å². The van der Waals surface area contributed by atoms with Crippen molar-refractivity contribution in [2.24, 2.45) is 0 Å². The molecule has 4 rings (SSSR count). The van der Waals surface area contributed by atoms with E-state index in [1.54, 1.807) is 24.3 Å². The first-order chi connectivity index (χ1) is 15.4. The molecule has 0 N–H and O–H groups in total. The highest BCUT2D eigenvalue weighted by Gasteiger charge is 2.35. The molecule has 0 radical (unpaired) electrons. The highest BCUT2D eigenvalue weighted by atomic mass is 79.9. The number of carbonyl (C=O) groups is 2. The standard InChI is InChI=1S/C24H16Br2FNO3S/c25-18-3-1-2-17(10-18)13-28-23(29)22(32-24(28)30)12-16-6-9-21(20(26)11-16)31-14-15-4-7-19(27)8-5-15/h1-12H,13-14H2/b22-12-. The van der Waals surface area contributed by atoms with Crippen LogP contribution >= 0.6 is 43.6 Å². The molecular formula is C24H16Br2FNO3S. The van der Waals surface area contributed by atoms with Crippen LogP contribution in [-0.4, -0.2) is 16.0 Å². The molecular weight excluding hydrogens is 561 g/mol. The van der Waals surface area contributed by atoms with Crippen molar-refractivity contribution in [3.8, 4) is 5.75 Å². The van der Waals surface area contributed by atoms with Crippen molar-refractivity contribution in [2.75, 3.05) is 0 Å². The zero-order valence-electron chi connectivity index (χ0n) is 16.6. The van der Waals surface area contributed by atoms with Crippen molar-refractivity contribution in [3.05, 3.63) is 103 Å². The summed E-state index contributed by atoms with van der Waals surface area (Å²) >= 11 is 7.82. The van der Waals surface area contributed by atoms with Crippen LogP contribution in [0.5, 0.6) is 5.75 Å².